The molecule has 28 heavy (non-hydrogen) atoms. The number of hydrogen-bond acceptors (Lipinski definition) is 14. The zero-order chi connectivity index (χ0) is 20.7. The molecule has 1 spiro atoms. The van der Waals surface area contributed by atoms with Crippen molar-refractivity contribution in [2.75, 3.05) is 0 Å². The maximum atomic E-state index is 12.0. The molecule has 3 heterocycles. The SMILES string of the molecule is O=C1CCC(=O)OC2(OO1)OC(=O)CCC(=O)O[C@@]2(O)[C@H]1OC(=O)C(O)=C1O. The van der Waals surface area contributed by atoms with Crippen LogP contribution in [0.2, 0.25) is 0 Å². The van der Waals surface area contributed by atoms with Crippen LogP contribution in [0.15, 0.2) is 11.5 Å². The Morgan fingerprint density at radius 1 is 0.786 bits per heavy atom. The van der Waals surface area contributed by atoms with E-state index in [1.165, 1.54) is 0 Å². The molecule has 0 saturated carbocycles. The first kappa shape index (κ1) is 19.4. The van der Waals surface area contributed by atoms with Crippen molar-refractivity contribution in [2.24, 2.45) is 0 Å². The lowest BCUT2D eigenvalue weighted by Gasteiger charge is -2.43. The average molecular weight is 404 g/mol. The molecule has 2 saturated heterocycles. The third kappa shape index (κ3) is 3.07. The molecule has 0 aromatic carbocycles. The van der Waals surface area contributed by atoms with Crippen molar-refractivity contribution in [1.29, 1.82) is 0 Å². The van der Waals surface area contributed by atoms with Crippen LogP contribution < -0.4 is 0 Å². The summed E-state index contributed by atoms with van der Waals surface area (Å²) in [7, 11) is 0. The van der Waals surface area contributed by atoms with E-state index in [-0.39, 0.29) is 0 Å². The highest BCUT2D eigenvalue weighted by Crippen LogP contribution is 2.42. The van der Waals surface area contributed by atoms with E-state index in [1.54, 1.807) is 0 Å². The summed E-state index contributed by atoms with van der Waals surface area (Å²) in [6, 6.07) is 0. The van der Waals surface area contributed by atoms with E-state index in [2.05, 4.69) is 14.5 Å². The predicted octanol–water partition coefficient (Wildman–Crippen LogP) is -1.73. The molecular weight excluding hydrogens is 392 g/mol. The maximum Gasteiger partial charge on any atom is 0.485 e. The van der Waals surface area contributed by atoms with Gasteiger partial charge in [-0.05, 0) is 0 Å². The molecule has 2 fully saturated rings. The van der Waals surface area contributed by atoms with Crippen LogP contribution in [0.4, 0.5) is 0 Å². The van der Waals surface area contributed by atoms with Crippen LogP contribution in [0.25, 0.3) is 0 Å². The van der Waals surface area contributed by atoms with Gasteiger partial charge in [-0.2, -0.15) is 0 Å². The van der Waals surface area contributed by atoms with Gasteiger partial charge in [0.2, 0.25) is 11.9 Å². The molecule has 0 aromatic heterocycles. The van der Waals surface area contributed by atoms with Crippen LogP contribution in [0.1, 0.15) is 25.7 Å². The van der Waals surface area contributed by atoms with Gasteiger partial charge in [0.25, 0.3) is 0 Å². The molecule has 14 heteroatoms. The van der Waals surface area contributed by atoms with Crippen LogP contribution >= 0.6 is 0 Å². The number of esters is 4. The number of carbonyl (C=O) groups is 5. The second-order valence-corrected chi connectivity index (χ2v) is 5.73. The van der Waals surface area contributed by atoms with Crippen molar-refractivity contribution in [3.63, 3.8) is 0 Å². The van der Waals surface area contributed by atoms with E-state index < -0.39 is 84.9 Å². The monoisotopic (exact) mass is 404 g/mol. The molecule has 3 N–H and O–H groups in total. The molecule has 0 radical (unpaired) electrons. The third-order valence-corrected chi connectivity index (χ3v) is 3.78. The summed E-state index contributed by atoms with van der Waals surface area (Å²) in [6.45, 7) is 0. The number of hydrogen-bond donors (Lipinski definition) is 3. The first-order chi connectivity index (χ1) is 13.1. The second-order valence-electron chi connectivity index (χ2n) is 5.73. The van der Waals surface area contributed by atoms with Crippen LogP contribution in [0, 0.1) is 0 Å². The fourth-order valence-corrected chi connectivity index (χ4v) is 2.43. The summed E-state index contributed by atoms with van der Waals surface area (Å²) in [5, 5.41) is 30.3. The Morgan fingerprint density at radius 2 is 1.29 bits per heavy atom. The lowest BCUT2D eigenvalue weighted by molar-refractivity contribution is -0.541. The fourth-order valence-electron chi connectivity index (χ4n) is 2.43. The molecule has 3 atom stereocenters. The highest BCUT2D eigenvalue weighted by molar-refractivity contribution is 5.89. The largest absolute Gasteiger partial charge is 0.505 e. The van der Waals surface area contributed by atoms with Crippen LogP contribution in [-0.2, 0) is 52.7 Å². The average Bonchev–Trinajstić information content (AvgIpc) is 2.88. The molecule has 0 bridgehead atoms. The van der Waals surface area contributed by atoms with Crippen LogP contribution in [0.3, 0.4) is 0 Å². The molecule has 3 rings (SSSR count). The van der Waals surface area contributed by atoms with Gasteiger partial charge in [0.15, 0.2) is 5.76 Å². The Bertz CT molecular complexity index is 780. The van der Waals surface area contributed by atoms with Crippen molar-refractivity contribution < 1.29 is 68.0 Å². The highest BCUT2D eigenvalue weighted by atomic mass is 17.3. The minimum atomic E-state index is -3.61. The van der Waals surface area contributed by atoms with Gasteiger partial charge in [-0.25, -0.2) is 9.59 Å². The van der Waals surface area contributed by atoms with E-state index >= 15 is 0 Å². The molecular formula is C14H12O14. The predicted molar refractivity (Wildman–Crippen MR) is 73.8 cm³/mol. The van der Waals surface area contributed by atoms with Crippen molar-refractivity contribution in [3.8, 4) is 0 Å². The summed E-state index contributed by atoms with van der Waals surface area (Å²) >= 11 is 0. The van der Waals surface area contributed by atoms with E-state index in [0.29, 0.717) is 0 Å². The Hall–Kier alpha value is -3.39. The fraction of sp³-hybridized carbons (Fsp3) is 0.500. The highest BCUT2D eigenvalue weighted by Gasteiger charge is 2.74. The molecule has 3 aliphatic heterocycles. The standard InChI is InChI=1S/C14H12O14/c15-5-1-2-6(16)25-14(26-7(17)3-4-8(18)27-28-14)13(22,24-5)11-9(19)10(20)12(21)23-11/h11,19-20,22H,1-4H2/t11-,13-,14?/m0/s1. The van der Waals surface area contributed by atoms with Crippen molar-refractivity contribution in [3.05, 3.63) is 11.5 Å². The maximum absolute atomic E-state index is 12.0. The molecule has 0 amide bonds. The zero-order valence-corrected chi connectivity index (χ0v) is 13.7. The first-order valence-corrected chi connectivity index (χ1v) is 7.67. The number of ether oxygens (including phenoxy) is 4. The smallest absolute Gasteiger partial charge is 0.485 e. The Labute approximate surface area is 154 Å². The second kappa shape index (κ2) is 6.65. The summed E-state index contributed by atoms with van der Waals surface area (Å²) in [5.41, 5.74) is 0. The topological polar surface area (TPSA) is 201 Å². The van der Waals surface area contributed by atoms with E-state index in [0.717, 1.165) is 0 Å². The Kier molecular flexibility index (Phi) is 4.60. The van der Waals surface area contributed by atoms with Gasteiger partial charge in [-0.15, -0.1) is 0 Å². The van der Waals surface area contributed by atoms with Gasteiger partial charge >= 0.3 is 41.6 Å². The lowest BCUT2D eigenvalue weighted by atomic mass is 10.0. The number of aliphatic hydroxyl groups is 3. The van der Waals surface area contributed by atoms with Gasteiger partial charge in [-0.1, -0.05) is 4.89 Å². The molecule has 14 nitrogen and oxygen atoms in total. The van der Waals surface area contributed by atoms with Crippen molar-refractivity contribution in [1.82, 2.24) is 0 Å². The Morgan fingerprint density at radius 3 is 1.79 bits per heavy atom. The van der Waals surface area contributed by atoms with Gasteiger partial charge in [0.1, 0.15) is 0 Å². The number of aliphatic hydroxyl groups excluding tert-OH is 2. The molecule has 0 aromatic rings. The van der Waals surface area contributed by atoms with Gasteiger partial charge < -0.3 is 34.3 Å². The number of rotatable bonds is 1. The van der Waals surface area contributed by atoms with E-state index in [4.69, 9.17) is 14.2 Å². The Balaban J connectivity index is 2.16. The molecule has 3 aliphatic rings. The summed E-state index contributed by atoms with van der Waals surface area (Å²) in [4.78, 5) is 67.8. The quantitative estimate of drug-likeness (QED) is 0.253. The van der Waals surface area contributed by atoms with Crippen LogP contribution in [0.5, 0.6) is 0 Å². The minimum Gasteiger partial charge on any atom is -0.505 e. The van der Waals surface area contributed by atoms with Crippen molar-refractivity contribution in [2.45, 2.75) is 43.5 Å². The molecule has 152 valence electrons. The van der Waals surface area contributed by atoms with Gasteiger partial charge in [0.05, 0.1) is 25.7 Å². The number of cyclic esters (lactones) is 2. The normalized spacial score (nSPS) is 34.3. The van der Waals surface area contributed by atoms with Crippen molar-refractivity contribution >= 4 is 29.8 Å². The zero-order valence-electron chi connectivity index (χ0n) is 13.7. The van der Waals surface area contributed by atoms with E-state index in [1.807, 2.05) is 0 Å². The van der Waals surface area contributed by atoms with Gasteiger partial charge in [-0.3, -0.25) is 19.3 Å². The minimum absolute atomic E-state index is 0.509. The first-order valence-electron chi connectivity index (χ1n) is 7.67. The summed E-state index contributed by atoms with van der Waals surface area (Å²) in [5.74, 6) is -16.5. The molecule has 1 unspecified atom stereocenters. The summed E-state index contributed by atoms with van der Waals surface area (Å²) in [6.07, 6.45) is -4.87. The van der Waals surface area contributed by atoms with Crippen LogP contribution in [-0.4, -0.2) is 63.0 Å². The third-order valence-electron chi connectivity index (χ3n) is 3.78. The van der Waals surface area contributed by atoms with E-state index in [9.17, 15) is 39.3 Å². The summed E-state index contributed by atoms with van der Waals surface area (Å²) < 4.78 is 18.7. The lowest BCUT2D eigenvalue weighted by Crippen LogP contribution is -2.69. The van der Waals surface area contributed by atoms with Gasteiger partial charge in [0, 0.05) is 0 Å². The molecule has 0 aliphatic carbocycles. The number of carbonyl (C=O) groups excluding carboxylic acids is 5.